The molecular weight excluding hydrogens is 546 g/mol. The zero-order valence-corrected chi connectivity index (χ0v) is 23.5. The fraction of sp³-hybridized carbons (Fsp3) is 0.0857. The molecule has 1 nitrogen and oxygen atoms in total. The molecule has 38 heavy (non-hydrogen) atoms. The maximum atomic E-state index is 3.62. The molecule has 1 aliphatic heterocycles. The molecule has 0 aliphatic carbocycles. The van der Waals surface area contributed by atoms with Crippen molar-refractivity contribution >= 4 is 86.0 Å². The Hall–Kier alpha value is -3.66. The van der Waals surface area contributed by atoms with Crippen molar-refractivity contribution in [1.82, 2.24) is 0 Å². The van der Waals surface area contributed by atoms with Crippen LogP contribution in [0.4, 0.5) is 17.1 Å². The zero-order valence-electron chi connectivity index (χ0n) is 21.1. The molecule has 0 saturated carbocycles. The van der Waals surface area contributed by atoms with Gasteiger partial charge in [0.05, 0.1) is 11.4 Å². The molecule has 2 heterocycles. The number of hydrogen-bond donors (Lipinski definition) is 0. The van der Waals surface area contributed by atoms with Gasteiger partial charge in [-0.1, -0.05) is 90.4 Å². The van der Waals surface area contributed by atoms with Gasteiger partial charge in [0, 0.05) is 35.7 Å². The number of para-hydroxylation sites is 1. The highest BCUT2D eigenvalue weighted by molar-refractivity contribution is 9.10. The van der Waals surface area contributed by atoms with E-state index >= 15 is 0 Å². The van der Waals surface area contributed by atoms with Gasteiger partial charge in [0.15, 0.2) is 0 Å². The quantitative estimate of drug-likeness (QED) is 0.178. The summed E-state index contributed by atoms with van der Waals surface area (Å²) in [5, 5.41) is 7.77. The average molecular weight is 571 g/mol. The third-order valence-corrected chi connectivity index (χ3v) is 9.89. The Morgan fingerprint density at radius 1 is 0.579 bits per heavy atom. The predicted octanol–water partition coefficient (Wildman–Crippen LogP) is 11.2. The highest BCUT2D eigenvalue weighted by atomic mass is 79.9. The normalized spacial score (nSPS) is 14.3. The summed E-state index contributed by atoms with van der Waals surface area (Å²) in [6.45, 7) is 4.74. The van der Waals surface area contributed by atoms with Crippen molar-refractivity contribution in [2.45, 2.75) is 19.3 Å². The number of thiophene rings is 1. The van der Waals surface area contributed by atoms with E-state index in [-0.39, 0.29) is 5.41 Å². The first-order chi connectivity index (χ1) is 18.5. The van der Waals surface area contributed by atoms with Gasteiger partial charge in [0.2, 0.25) is 0 Å². The van der Waals surface area contributed by atoms with Crippen LogP contribution in [0.15, 0.2) is 114 Å². The zero-order chi connectivity index (χ0) is 25.6. The van der Waals surface area contributed by atoms with Gasteiger partial charge in [0.1, 0.15) is 0 Å². The third kappa shape index (κ3) is 3.09. The maximum Gasteiger partial charge on any atom is 0.0517 e. The van der Waals surface area contributed by atoms with Crippen LogP contribution in [-0.4, -0.2) is 0 Å². The van der Waals surface area contributed by atoms with Gasteiger partial charge in [-0.05, 0) is 81.2 Å². The average Bonchev–Trinajstić information content (AvgIpc) is 3.30. The Morgan fingerprint density at radius 3 is 2.18 bits per heavy atom. The fourth-order valence-electron chi connectivity index (χ4n) is 6.37. The summed E-state index contributed by atoms with van der Waals surface area (Å²) in [5.41, 5.74) is 6.34. The van der Waals surface area contributed by atoms with Crippen molar-refractivity contribution in [3.63, 3.8) is 0 Å². The number of fused-ring (bicyclic) bond motifs is 8. The van der Waals surface area contributed by atoms with E-state index in [1.807, 2.05) is 11.3 Å². The molecule has 8 rings (SSSR count). The van der Waals surface area contributed by atoms with Gasteiger partial charge in [-0.2, -0.15) is 0 Å². The summed E-state index contributed by atoms with van der Waals surface area (Å²) in [7, 11) is 0. The SMILES string of the molecule is CC1(C)c2ccccc2N(c2ccc3c(ccc4cc(Br)ccc43)c2)c2cc3sc4ccccc4c3cc21. The number of nitrogens with zero attached hydrogens (tertiary/aromatic N) is 1. The van der Waals surface area contributed by atoms with E-state index in [0.29, 0.717) is 0 Å². The number of rotatable bonds is 1. The Bertz CT molecular complexity index is 2080. The summed E-state index contributed by atoms with van der Waals surface area (Å²) in [5.74, 6) is 0. The lowest BCUT2D eigenvalue weighted by atomic mass is 9.73. The number of halogens is 1. The van der Waals surface area contributed by atoms with Gasteiger partial charge in [-0.25, -0.2) is 0 Å². The molecule has 0 bridgehead atoms. The molecule has 0 N–H and O–H groups in total. The highest BCUT2D eigenvalue weighted by Crippen LogP contribution is 2.54. The Morgan fingerprint density at radius 2 is 1.32 bits per heavy atom. The molecule has 0 saturated heterocycles. The lowest BCUT2D eigenvalue weighted by Crippen LogP contribution is -2.30. The number of hydrogen-bond acceptors (Lipinski definition) is 2. The van der Waals surface area contributed by atoms with Gasteiger partial charge in [-0.3, -0.25) is 0 Å². The summed E-state index contributed by atoms with van der Waals surface area (Å²) in [6, 6.07) is 40.5. The van der Waals surface area contributed by atoms with Crippen molar-refractivity contribution in [2.75, 3.05) is 4.90 Å². The molecule has 0 amide bonds. The minimum absolute atomic E-state index is 0.111. The highest BCUT2D eigenvalue weighted by Gasteiger charge is 2.37. The van der Waals surface area contributed by atoms with Crippen LogP contribution >= 0.6 is 27.3 Å². The van der Waals surface area contributed by atoms with Crippen LogP contribution in [0, 0.1) is 0 Å². The summed E-state index contributed by atoms with van der Waals surface area (Å²) in [6.07, 6.45) is 0. The lowest BCUT2D eigenvalue weighted by molar-refractivity contribution is 0.633. The molecule has 0 spiro atoms. The fourth-order valence-corrected chi connectivity index (χ4v) is 7.86. The van der Waals surface area contributed by atoms with E-state index in [2.05, 4.69) is 144 Å². The van der Waals surface area contributed by atoms with Crippen molar-refractivity contribution in [3.05, 3.63) is 125 Å². The monoisotopic (exact) mass is 569 g/mol. The minimum atomic E-state index is -0.111. The molecule has 0 unspecified atom stereocenters. The summed E-state index contributed by atoms with van der Waals surface area (Å²) < 4.78 is 3.79. The second-order valence-electron chi connectivity index (χ2n) is 10.8. The maximum absolute atomic E-state index is 3.62. The van der Waals surface area contributed by atoms with Gasteiger partial charge in [-0.15, -0.1) is 11.3 Å². The second kappa shape index (κ2) is 7.92. The summed E-state index contributed by atoms with van der Waals surface area (Å²) >= 11 is 5.51. The van der Waals surface area contributed by atoms with E-state index in [9.17, 15) is 0 Å². The first-order valence-corrected chi connectivity index (χ1v) is 14.6. The van der Waals surface area contributed by atoms with E-state index in [1.54, 1.807) is 0 Å². The largest absolute Gasteiger partial charge is 0.310 e. The molecule has 6 aromatic carbocycles. The minimum Gasteiger partial charge on any atom is -0.310 e. The van der Waals surface area contributed by atoms with E-state index in [4.69, 9.17) is 0 Å². The van der Waals surface area contributed by atoms with Gasteiger partial charge < -0.3 is 4.90 Å². The summed E-state index contributed by atoms with van der Waals surface area (Å²) in [4.78, 5) is 2.48. The van der Waals surface area contributed by atoms with Crippen LogP contribution in [0.1, 0.15) is 25.0 Å². The topological polar surface area (TPSA) is 3.24 Å². The Balaban J connectivity index is 1.42. The Labute approximate surface area is 234 Å². The second-order valence-corrected chi connectivity index (χ2v) is 12.8. The van der Waals surface area contributed by atoms with Crippen LogP contribution in [0.25, 0.3) is 41.7 Å². The first-order valence-electron chi connectivity index (χ1n) is 13.0. The van der Waals surface area contributed by atoms with E-state index in [1.165, 1.54) is 69.9 Å². The molecule has 1 aliphatic rings. The van der Waals surface area contributed by atoms with Gasteiger partial charge in [0.25, 0.3) is 0 Å². The Kier molecular flexibility index (Phi) is 4.66. The van der Waals surface area contributed by atoms with Crippen molar-refractivity contribution in [3.8, 4) is 0 Å². The third-order valence-electron chi connectivity index (χ3n) is 8.27. The molecule has 0 radical (unpaired) electrons. The van der Waals surface area contributed by atoms with Crippen LogP contribution in [-0.2, 0) is 5.41 Å². The van der Waals surface area contributed by atoms with Crippen molar-refractivity contribution < 1.29 is 0 Å². The van der Waals surface area contributed by atoms with Crippen LogP contribution in [0.5, 0.6) is 0 Å². The molecule has 1 aromatic heterocycles. The van der Waals surface area contributed by atoms with Crippen LogP contribution < -0.4 is 4.90 Å². The smallest absolute Gasteiger partial charge is 0.0517 e. The molecule has 0 fully saturated rings. The molecule has 0 atom stereocenters. The molecule has 7 aromatic rings. The number of benzene rings is 6. The first kappa shape index (κ1) is 22.3. The van der Waals surface area contributed by atoms with Gasteiger partial charge >= 0.3 is 0 Å². The van der Waals surface area contributed by atoms with E-state index < -0.39 is 0 Å². The van der Waals surface area contributed by atoms with Crippen LogP contribution in [0.3, 0.4) is 0 Å². The number of anilines is 3. The molecule has 182 valence electrons. The molecule has 3 heteroatoms. The van der Waals surface area contributed by atoms with Crippen molar-refractivity contribution in [2.24, 2.45) is 0 Å². The standard InChI is InChI=1S/C35H24BrNS/c1-35(2)29-8-4-5-9-31(29)37(32-20-34-28(19-30(32)35)27-7-3-6-10-33(27)38-34)24-14-16-26-22(18-24)12-11-21-17-23(36)13-15-25(21)26/h3-20H,1-2H3. The predicted molar refractivity (Wildman–Crippen MR) is 169 cm³/mol. The van der Waals surface area contributed by atoms with Crippen LogP contribution in [0.2, 0.25) is 0 Å². The van der Waals surface area contributed by atoms with E-state index in [0.717, 1.165) is 4.47 Å². The van der Waals surface area contributed by atoms with Crippen molar-refractivity contribution in [1.29, 1.82) is 0 Å². The lowest BCUT2D eigenvalue weighted by Gasteiger charge is -2.42. The molecular formula is C35H24BrNS.